The van der Waals surface area contributed by atoms with Crippen molar-refractivity contribution in [2.24, 2.45) is 0 Å². The number of benzene rings is 1. The molecule has 7 heteroatoms. The first-order valence-corrected chi connectivity index (χ1v) is 5.46. The lowest BCUT2D eigenvalue weighted by atomic mass is 10.2. The number of hydrogen-bond donors (Lipinski definition) is 1. The highest BCUT2D eigenvalue weighted by atomic mass is 79.9. The van der Waals surface area contributed by atoms with Crippen LogP contribution in [-0.4, -0.2) is 19.2 Å². The van der Waals surface area contributed by atoms with Crippen molar-refractivity contribution in [2.45, 2.75) is 13.5 Å². The third-order valence-corrected chi connectivity index (χ3v) is 2.44. The van der Waals surface area contributed by atoms with Gasteiger partial charge in [0.1, 0.15) is 5.75 Å². The van der Waals surface area contributed by atoms with E-state index in [0.717, 1.165) is 6.07 Å². The maximum atomic E-state index is 12.1. The second kappa shape index (κ2) is 5.81. The molecule has 94 valence electrons. The van der Waals surface area contributed by atoms with Crippen molar-refractivity contribution in [3.63, 3.8) is 0 Å². The maximum absolute atomic E-state index is 12.1. The van der Waals surface area contributed by atoms with Crippen molar-refractivity contribution in [2.75, 3.05) is 12.3 Å². The lowest BCUT2D eigenvalue weighted by Gasteiger charge is -2.11. The molecule has 1 aromatic carbocycles. The number of halogens is 3. The van der Waals surface area contributed by atoms with Gasteiger partial charge in [-0.3, -0.25) is 0 Å². The zero-order chi connectivity index (χ0) is 13.0. The van der Waals surface area contributed by atoms with E-state index in [2.05, 4.69) is 20.7 Å². The van der Waals surface area contributed by atoms with E-state index < -0.39 is 12.6 Å². The summed E-state index contributed by atoms with van der Waals surface area (Å²) in [6.45, 7) is -1.19. The van der Waals surface area contributed by atoms with Gasteiger partial charge in [0.25, 0.3) is 0 Å². The van der Waals surface area contributed by atoms with Crippen LogP contribution < -0.4 is 10.5 Å². The monoisotopic (exact) mass is 309 g/mol. The van der Waals surface area contributed by atoms with Crippen LogP contribution in [0.2, 0.25) is 0 Å². The Bertz CT molecular complexity index is 426. The van der Waals surface area contributed by atoms with E-state index in [4.69, 9.17) is 10.5 Å². The minimum atomic E-state index is -2.98. The number of rotatable bonds is 4. The number of hydrogen-bond acceptors (Lipinski definition) is 4. The Morgan fingerprint density at radius 2 is 2.18 bits per heavy atom. The quantitative estimate of drug-likeness (QED) is 0.686. The van der Waals surface area contributed by atoms with Gasteiger partial charge in [-0.25, -0.2) is 4.79 Å². The molecule has 0 aromatic heterocycles. The molecule has 0 spiro atoms. The molecule has 0 unspecified atom stereocenters. The van der Waals surface area contributed by atoms with Crippen LogP contribution in [0, 0.1) is 0 Å². The molecule has 1 rings (SSSR count). The Hall–Kier alpha value is -1.37. The van der Waals surface area contributed by atoms with Gasteiger partial charge in [-0.2, -0.15) is 8.78 Å². The lowest BCUT2D eigenvalue weighted by molar-refractivity contribution is -0.0504. The van der Waals surface area contributed by atoms with Gasteiger partial charge in [0.05, 0.1) is 16.6 Å². The minimum Gasteiger partial charge on any atom is -0.462 e. The molecule has 0 aliphatic heterocycles. The molecule has 0 saturated carbocycles. The van der Waals surface area contributed by atoms with Crippen LogP contribution in [0.4, 0.5) is 14.5 Å². The molecule has 0 amide bonds. The van der Waals surface area contributed by atoms with Crippen LogP contribution in [0.5, 0.6) is 5.75 Å². The highest BCUT2D eigenvalue weighted by Crippen LogP contribution is 2.31. The Balaban J connectivity index is 3.09. The number of nitrogens with two attached hydrogens (primary N) is 1. The predicted molar refractivity (Wildman–Crippen MR) is 61.1 cm³/mol. The van der Waals surface area contributed by atoms with Crippen LogP contribution in [0.25, 0.3) is 0 Å². The van der Waals surface area contributed by atoms with Crippen molar-refractivity contribution in [1.29, 1.82) is 0 Å². The molecule has 2 N–H and O–H groups in total. The van der Waals surface area contributed by atoms with Gasteiger partial charge in [0.15, 0.2) is 0 Å². The molecular formula is C10H10BrF2NO3. The topological polar surface area (TPSA) is 61.5 Å². The number of anilines is 1. The van der Waals surface area contributed by atoms with E-state index in [1.165, 1.54) is 6.07 Å². The predicted octanol–water partition coefficient (Wildman–Crippen LogP) is 2.81. The normalized spacial score (nSPS) is 10.4. The van der Waals surface area contributed by atoms with Gasteiger partial charge in [0, 0.05) is 5.69 Å². The third kappa shape index (κ3) is 3.55. The molecule has 0 aliphatic carbocycles. The largest absolute Gasteiger partial charge is 0.462 e. The Labute approximate surface area is 105 Å². The van der Waals surface area contributed by atoms with Crippen molar-refractivity contribution in [3.05, 3.63) is 22.2 Å². The van der Waals surface area contributed by atoms with Gasteiger partial charge in [-0.15, -0.1) is 0 Å². The summed E-state index contributed by atoms with van der Waals surface area (Å²) in [4.78, 5) is 11.5. The van der Waals surface area contributed by atoms with E-state index >= 15 is 0 Å². The summed E-state index contributed by atoms with van der Waals surface area (Å²) in [6.07, 6.45) is 0. The fourth-order valence-corrected chi connectivity index (χ4v) is 1.60. The van der Waals surface area contributed by atoms with E-state index in [0.29, 0.717) is 0 Å². The summed E-state index contributed by atoms with van der Waals surface area (Å²) in [5, 5.41) is 0. The molecule has 0 radical (unpaired) electrons. The lowest BCUT2D eigenvalue weighted by Crippen LogP contribution is -2.10. The number of nitrogen functional groups attached to an aromatic ring is 1. The Kier molecular flexibility index (Phi) is 4.68. The summed E-state index contributed by atoms with van der Waals surface area (Å²) in [7, 11) is 0. The average Bonchev–Trinajstić information content (AvgIpc) is 2.21. The summed E-state index contributed by atoms with van der Waals surface area (Å²) in [5.74, 6) is -0.853. The average molecular weight is 310 g/mol. The van der Waals surface area contributed by atoms with Crippen LogP contribution >= 0.6 is 15.9 Å². The van der Waals surface area contributed by atoms with Crippen LogP contribution in [0.1, 0.15) is 17.3 Å². The van der Waals surface area contributed by atoms with Gasteiger partial charge in [-0.05, 0) is 35.0 Å². The molecule has 0 heterocycles. The zero-order valence-electron chi connectivity index (χ0n) is 8.88. The standard InChI is InChI=1S/C10H10BrF2NO3/c1-2-16-9(15)5-3-8(17-10(12)13)6(11)4-7(5)14/h3-4,10H,2,14H2,1H3. The molecule has 1 aromatic rings. The zero-order valence-corrected chi connectivity index (χ0v) is 10.5. The molecule has 0 atom stereocenters. The van der Waals surface area contributed by atoms with E-state index in [9.17, 15) is 13.6 Å². The number of carbonyl (C=O) groups is 1. The highest BCUT2D eigenvalue weighted by Gasteiger charge is 2.17. The smallest absolute Gasteiger partial charge is 0.387 e. The fourth-order valence-electron chi connectivity index (χ4n) is 1.14. The second-order valence-electron chi connectivity index (χ2n) is 2.97. The Morgan fingerprint density at radius 3 is 2.71 bits per heavy atom. The van der Waals surface area contributed by atoms with Crippen molar-refractivity contribution in [1.82, 2.24) is 0 Å². The summed E-state index contributed by atoms with van der Waals surface area (Å²) >= 11 is 3.01. The molecule has 17 heavy (non-hydrogen) atoms. The summed E-state index contributed by atoms with van der Waals surface area (Å²) in [6, 6.07) is 2.42. The summed E-state index contributed by atoms with van der Waals surface area (Å²) in [5.41, 5.74) is 5.69. The van der Waals surface area contributed by atoms with Crippen molar-refractivity contribution < 1.29 is 23.0 Å². The van der Waals surface area contributed by atoms with Gasteiger partial charge < -0.3 is 15.2 Å². The molecule has 0 bridgehead atoms. The number of esters is 1. The second-order valence-corrected chi connectivity index (χ2v) is 3.82. The number of alkyl halides is 2. The molecule has 4 nitrogen and oxygen atoms in total. The minimum absolute atomic E-state index is 0.00861. The van der Waals surface area contributed by atoms with Crippen molar-refractivity contribution in [3.8, 4) is 5.75 Å². The maximum Gasteiger partial charge on any atom is 0.387 e. The van der Waals surface area contributed by atoms with Crippen LogP contribution in [0.3, 0.4) is 0 Å². The first-order valence-electron chi connectivity index (χ1n) is 4.66. The SMILES string of the molecule is CCOC(=O)c1cc(OC(F)F)c(Br)cc1N. The van der Waals surface area contributed by atoms with Gasteiger partial charge >= 0.3 is 12.6 Å². The Morgan fingerprint density at radius 1 is 1.53 bits per heavy atom. The van der Waals surface area contributed by atoms with Gasteiger partial charge in [-0.1, -0.05) is 0 Å². The third-order valence-electron chi connectivity index (χ3n) is 1.82. The molecular weight excluding hydrogens is 300 g/mol. The van der Waals surface area contributed by atoms with E-state index in [-0.39, 0.29) is 28.1 Å². The first kappa shape index (κ1) is 13.7. The first-order chi connectivity index (χ1) is 7.95. The summed E-state index contributed by atoms with van der Waals surface area (Å²) < 4.78 is 33.4. The number of ether oxygens (including phenoxy) is 2. The number of carbonyl (C=O) groups excluding carboxylic acids is 1. The fraction of sp³-hybridized carbons (Fsp3) is 0.300. The molecule has 0 saturated heterocycles. The van der Waals surface area contributed by atoms with Crippen LogP contribution in [-0.2, 0) is 4.74 Å². The molecule has 0 aliphatic rings. The van der Waals surface area contributed by atoms with Gasteiger partial charge in [0.2, 0.25) is 0 Å². The van der Waals surface area contributed by atoms with E-state index in [1.807, 2.05) is 0 Å². The molecule has 0 fully saturated rings. The highest BCUT2D eigenvalue weighted by molar-refractivity contribution is 9.10. The van der Waals surface area contributed by atoms with Crippen molar-refractivity contribution >= 4 is 27.6 Å². The van der Waals surface area contributed by atoms with E-state index in [1.54, 1.807) is 6.92 Å². The van der Waals surface area contributed by atoms with Crippen LogP contribution in [0.15, 0.2) is 16.6 Å².